The van der Waals surface area contributed by atoms with Crippen molar-refractivity contribution < 1.29 is 14.3 Å². The van der Waals surface area contributed by atoms with Gasteiger partial charge in [0, 0.05) is 26.5 Å². The maximum absolute atomic E-state index is 13.5. The van der Waals surface area contributed by atoms with Crippen LogP contribution in [-0.2, 0) is 10.5 Å². The van der Waals surface area contributed by atoms with Crippen LogP contribution >= 0.6 is 31.9 Å². The monoisotopic (exact) mass is 553 g/mol. The molecule has 0 bridgehead atoms. The first-order valence-electron chi connectivity index (χ1n) is 10.1. The van der Waals surface area contributed by atoms with Crippen LogP contribution in [0.5, 0.6) is 11.5 Å². The largest absolute Gasteiger partial charge is 0.497 e. The molecule has 0 unspecified atom stereocenters. The summed E-state index contributed by atoms with van der Waals surface area (Å²) in [5.41, 5.74) is 2.90. The number of fused-ring (bicyclic) bond motifs is 6. The van der Waals surface area contributed by atoms with Gasteiger partial charge in [-0.2, -0.15) is 5.10 Å². The summed E-state index contributed by atoms with van der Waals surface area (Å²) in [7, 11) is 1.65. The van der Waals surface area contributed by atoms with Crippen molar-refractivity contribution in [3.05, 3.63) is 86.3 Å². The SMILES string of the molecule is COc1cccc(C2=NN3[C@@H](C2)c2cc(Br)ccc2O[C@]32C(=O)Nc3ccc(Br)cc32)c1. The van der Waals surface area contributed by atoms with Crippen LogP contribution in [0.15, 0.2) is 74.7 Å². The van der Waals surface area contributed by atoms with Crippen molar-refractivity contribution in [3.63, 3.8) is 0 Å². The fourth-order valence-corrected chi connectivity index (χ4v) is 5.40. The highest BCUT2D eigenvalue weighted by Gasteiger charge is 2.61. The van der Waals surface area contributed by atoms with E-state index in [0.29, 0.717) is 12.2 Å². The van der Waals surface area contributed by atoms with E-state index in [2.05, 4.69) is 37.2 Å². The van der Waals surface area contributed by atoms with Crippen LogP contribution in [0.25, 0.3) is 0 Å². The molecule has 0 saturated heterocycles. The molecular weight excluding hydrogens is 538 g/mol. The number of rotatable bonds is 2. The molecule has 0 fully saturated rings. The molecule has 0 aliphatic carbocycles. The van der Waals surface area contributed by atoms with E-state index in [4.69, 9.17) is 14.6 Å². The van der Waals surface area contributed by atoms with Crippen molar-refractivity contribution >= 4 is 49.2 Å². The highest BCUT2D eigenvalue weighted by molar-refractivity contribution is 9.10. The van der Waals surface area contributed by atoms with Crippen LogP contribution in [0, 0.1) is 0 Å². The van der Waals surface area contributed by atoms with Crippen molar-refractivity contribution in [2.45, 2.75) is 18.2 Å². The molecule has 0 radical (unpaired) electrons. The molecule has 0 saturated carbocycles. The van der Waals surface area contributed by atoms with Crippen molar-refractivity contribution in [1.82, 2.24) is 5.01 Å². The fraction of sp³-hybridized carbons (Fsp3) is 0.167. The van der Waals surface area contributed by atoms with Gasteiger partial charge in [0.25, 0.3) is 5.91 Å². The standard InChI is InChI=1S/C24H17Br2N3O3/c1-31-16-4-2-3-13(9-16)20-12-21-17-10-14(25)6-8-22(17)32-24(29(21)28-20)18-11-15(26)5-7-19(18)27-23(24)30/h2-11,21H,12H2,1H3,(H,27,30)/t21-,24+/m0/s1. The summed E-state index contributed by atoms with van der Waals surface area (Å²) in [6, 6.07) is 19.2. The molecular formula is C24H17Br2N3O3. The maximum atomic E-state index is 13.5. The van der Waals surface area contributed by atoms with Crippen LogP contribution in [0.4, 0.5) is 5.69 Å². The number of hydrogen-bond acceptors (Lipinski definition) is 5. The Balaban J connectivity index is 1.57. The van der Waals surface area contributed by atoms with E-state index in [1.807, 2.05) is 65.7 Å². The number of halogens is 2. The van der Waals surface area contributed by atoms with Gasteiger partial charge >= 0.3 is 5.72 Å². The first-order chi connectivity index (χ1) is 15.5. The lowest BCUT2D eigenvalue weighted by atomic mass is 9.92. The number of carbonyl (C=O) groups excluding carboxylic acids is 1. The second-order valence-electron chi connectivity index (χ2n) is 7.92. The number of anilines is 1. The van der Waals surface area contributed by atoms with Gasteiger partial charge in [0.1, 0.15) is 11.5 Å². The van der Waals surface area contributed by atoms with Crippen LogP contribution in [-0.4, -0.2) is 23.7 Å². The lowest BCUT2D eigenvalue weighted by molar-refractivity contribution is -0.161. The number of amides is 1. The number of benzene rings is 3. The predicted octanol–water partition coefficient (Wildman–Crippen LogP) is 5.57. The molecule has 0 aromatic heterocycles. The Morgan fingerprint density at radius 3 is 2.78 bits per heavy atom. The summed E-state index contributed by atoms with van der Waals surface area (Å²) in [6.45, 7) is 0. The van der Waals surface area contributed by atoms with Gasteiger partial charge in [-0.25, -0.2) is 5.01 Å². The lowest BCUT2D eigenvalue weighted by Crippen LogP contribution is -2.55. The number of nitrogens with zero attached hydrogens (tertiary/aromatic N) is 2. The summed E-state index contributed by atoms with van der Waals surface area (Å²) in [5.74, 6) is 1.19. The number of ether oxygens (including phenoxy) is 2. The molecule has 32 heavy (non-hydrogen) atoms. The Morgan fingerprint density at radius 2 is 1.94 bits per heavy atom. The van der Waals surface area contributed by atoms with Crippen LogP contribution in [0.3, 0.4) is 0 Å². The number of hydrazone groups is 1. The smallest absolute Gasteiger partial charge is 0.306 e. The van der Waals surface area contributed by atoms with E-state index in [1.54, 1.807) is 7.11 Å². The second kappa shape index (κ2) is 7.08. The molecule has 3 aromatic rings. The molecule has 2 atom stereocenters. The van der Waals surface area contributed by atoms with Crippen molar-refractivity contribution in [3.8, 4) is 11.5 Å². The predicted molar refractivity (Wildman–Crippen MR) is 128 cm³/mol. The summed E-state index contributed by atoms with van der Waals surface area (Å²) in [5, 5.41) is 9.79. The van der Waals surface area contributed by atoms with Crippen LogP contribution < -0.4 is 14.8 Å². The molecule has 3 heterocycles. The van der Waals surface area contributed by atoms with Gasteiger partial charge in [-0.15, -0.1) is 0 Å². The van der Waals surface area contributed by atoms with E-state index < -0.39 is 5.72 Å². The third-order valence-electron chi connectivity index (χ3n) is 6.13. The first-order valence-corrected chi connectivity index (χ1v) is 11.7. The molecule has 1 spiro atoms. The Morgan fingerprint density at radius 1 is 1.12 bits per heavy atom. The van der Waals surface area contributed by atoms with E-state index in [0.717, 1.165) is 42.8 Å². The van der Waals surface area contributed by atoms with Crippen molar-refractivity contribution in [2.24, 2.45) is 5.10 Å². The molecule has 3 aliphatic heterocycles. The zero-order valence-electron chi connectivity index (χ0n) is 16.9. The van der Waals surface area contributed by atoms with Gasteiger partial charge in [-0.1, -0.05) is 44.0 Å². The number of methoxy groups -OCH3 is 1. The minimum Gasteiger partial charge on any atom is -0.497 e. The molecule has 3 aliphatic rings. The second-order valence-corrected chi connectivity index (χ2v) is 9.75. The van der Waals surface area contributed by atoms with E-state index in [-0.39, 0.29) is 11.9 Å². The summed E-state index contributed by atoms with van der Waals surface area (Å²) in [4.78, 5) is 13.5. The topological polar surface area (TPSA) is 63.2 Å². The number of hydrogen-bond donors (Lipinski definition) is 1. The average Bonchev–Trinajstić information content (AvgIpc) is 3.36. The first kappa shape index (κ1) is 19.8. The normalized spacial score (nSPS) is 22.6. The van der Waals surface area contributed by atoms with E-state index in [1.165, 1.54) is 0 Å². The molecule has 6 rings (SSSR count). The molecule has 1 amide bonds. The van der Waals surface area contributed by atoms with Gasteiger partial charge in [-0.3, -0.25) is 4.79 Å². The minimum absolute atomic E-state index is 0.159. The molecule has 6 nitrogen and oxygen atoms in total. The summed E-state index contributed by atoms with van der Waals surface area (Å²) >= 11 is 7.12. The van der Waals surface area contributed by atoms with Crippen LogP contribution in [0.1, 0.15) is 29.2 Å². The Labute approximate surface area is 201 Å². The molecule has 3 aromatic carbocycles. The third-order valence-corrected chi connectivity index (χ3v) is 7.11. The number of nitrogens with one attached hydrogen (secondary N) is 1. The highest BCUT2D eigenvalue weighted by Crippen LogP contribution is 2.54. The summed E-state index contributed by atoms with van der Waals surface area (Å²) in [6.07, 6.45) is 0.637. The quantitative estimate of drug-likeness (QED) is 0.450. The van der Waals surface area contributed by atoms with Gasteiger partial charge < -0.3 is 14.8 Å². The Hall–Kier alpha value is -2.84. The van der Waals surface area contributed by atoms with Gasteiger partial charge in [0.15, 0.2) is 0 Å². The minimum atomic E-state index is -1.38. The van der Waals surface area contributed by atoms with Crippen molar-refractivity contribution in [2.75, 3.05) is 12.4 Å². The molecule has 160 valence electrons. The van der Waals surface area contributed by atoms with E-state index >= 15 is 0 Å². The Kier molecular flexibility index (Phi) is 4.39. The number of carbonyl (C=O) groups is 1. The fourth-order valence-electron chi connectivity index (χ4n) is 4.66. The lowest BCUT2D eigenvalue weighted by Gasteiger charge is -2.44. The third kappa shape index (κ3) is 2.75. The highest BCUT2D eigenvalue weighted by atomic mass is 79.9. The van der Waals surface area contributed by atoms with Crippen molar-refractivity contribution in [1.29, 1.82) is 0 Å². The van der Waals surface area contributed by atoms with E-state index in [9.17, 15) is 4.79 Å². The van der Waals surface area contributed by atoms with Gasteiger partial charge in [0.2, 0.25) is 0 Å². The zero-order chi connectivity index (χ0) is 22.0. The Bertz CT molecular complexity index is 1330. The van der Waals surface area contributed by atoms with Gasteiger partial charge in [-0.05, 0) is 48.5 Å². The van der Waals surface area contributed by atoms with Crippen LogP contribution in [0.2, 0.25) is 0 Å². The molecule has 8 heteroatoms. The maximum Gasteiger partial charge on any atom is 0.306 e. The summed E-state index contributed by atoms with van der Waals surface area (Å²) < 4.78 is 13.7. The average molecular weight is 555 g/mol. The van der Waals surface area contributed by atoms with Gasteiger partial charge in [0.05, 0.1) is 30.1 Å². The zero-order valence-corrected chi connectivity index (χ0v) is 20.1. The molecule has 1 N–H and O–H groups in total.